The van der Waals surface area contributed by atoms with Gasteiger partial charge in [0.05, 0.1) is 5.75 Å². The highest BCUT2D eigenvalue weighted by atomic mass is 32.2. The first-order chi connectivity index (χ1) is 9.04. The summed E-state index contributed by atoms with van der Waals surface area (Å²) in [5.74, 6) is 1.59. The van der Waals surface area contributed by atoms with Gasteiger partial charge in [0.15, 0.2) is 0 Å². The Morgan fingerprint density at radius 1 is 1.37 bits per heavy atom. The van der Waals surface area contributed by atoms with Crippen molar-refractivity contribution < 1.29 is 4.79 Å². The van der Waals surface area contributed by atoms with Crippen LogP contribution in [-0.4, -0.2) is 43.0 Å². The van der Waals surface area contributed by atoms with Gasteiger partial charge in [0, 0.05) is 18.0 Å². The van der Waals surface area contributed by atoms with Gasteiger partial charge in [0.1, 0.15) is 0 Å². The third-order valence-electron chi connectivity index (χ3n) is 2.92. The van der Waals surface area contributed by atoms with Gasteiger partial charge >= 0.3 is 0 Å². The molecule has 0 saturated heterocycles. The second kappa shape index (κ2) is 8.23. The van der Waals surface area contributed by atoms with Gasteiger partial charge in [0.2, 0.25) is 5.91 Å². The smallest absolute Gasteiger partial charge is 0.234 e. The van der Waals surface area contributed by atoms with Crippen LogP contribution in [0.4, 0.5) is 5.69 Å². The number of aryl methyl sites for hydroxylation is 2. The van der Waals surface area contributed by atoms with E-state index in [1.807, 2.05) is 33.2 Å². The minimum absolute atomic E-state index is 0.0905. The number of nitrogens with zero attached hydrogens (tertiary/aromatic N) is 1. The Morgan fingerprint density at radius 2 is 2.11 bits per heavy atom. The summed E-state index contributed by atoms with van der Waals surface area (Å²) >= 11 is 1.67. The minimum atomic E-state index is 0.0905. The van der Waals surface area contributed by atoms with E-state index >= 15 is 0 Å². The minimum Gasteiger partial charge on any atom is -0.325 e. The van der Waals surface area contributed by atoms with Gasteiger partial charge in [-0.05, 0) is 38.6 Å². The highest BCUT2D eigenvalue weighted by molar-refractivity contribution is 7.99. The summed E-state index contributed by atoms with van der Waals surface area (Å²) < 4.78 is 0. The predicted octanol–water partition coefficient (Wildman–Crippen LogP) is 2.79. The number of rotatable bonds is 7. The van der Waals surface area contributed by atoms with Gasteiger partial charge in [-0.25, -0.2) is 0 Å². The maximum absolute atomic E-state index is 11.9. The van der Waals surface area contributed by atoms with Crippen molar-refractivity contribution in [3.63, 3.8) is 0 Å². The van der Waals surface area contributed by atoms with Crippen LogP contribution in [-0.2, 0) is 11.2 Å². The molecule has 3 nitrogen and oxygen atoms in total. The molecule has 0 saturated carbocycles. The van der Waals surface area contributed by atoms with Gasteiger partial charge in [-0.15, -0.1) is 0 Å². The molecule has 0 aliphatic carbocycles. The molecule has 0 fully saturated rings. The van der Waals surface area contributed by atoms with Crippen molar-refractivity contribution in [2.24, 2.45) is 0 Å². The third kappa shape index (κ3) is 5.66. The quantitative estimate of drug-likeness (QED) is 0.780. The fraction of sp³-hybridized carbons (Fsp3) is 0.533. The lowest BCUT2D eigenvalue weighted by atomic mass is 10.1. The molecular weight excluding hydrogens is 256 g/mol. The summed E-state index contributed by atoms with van der Waals surface area (Å²) in [6.07, 6.45) is 0.936. The lowest BCUT2D eigenvalue weighted by molar-refractivity contribution is -0.113. The van der Waals surface area contributed by atoms with E-state index in [9.17, 15) is 4.79 Å². The number of para-hydroxylation sites is 1. The second-order valence-corrected chi connectivity index (χ2v) is 5.97. The van der Waals surface area contributed by atoms with Crippen LogP contribution >= 0.6 is 11.8 Å². The average Bonchev–Trinajstić information content (AvgIpc) is 2.37. The zero-order chi connectivity index (χ0) is 14.3. The number of hydrogen-bond donors (Lipinski definition) is 1. The summed E-state index contributed by atoms with van der Waals surface area (Å²) in [4.78, 5) is 14.1. The second-order valence-electron chi connectivity index (χ2n) is 4.87. The van der Waals surface area contributed by atoms with Crippen molar-refractivity contribution in [1.82, 2.24) is 4.90 Å². The molecule has 0 aliphatic rings. The molecule has 1 rings (SSSR count). The molecule has 1 aromatic rings. The average molecular weight is 280 g/mol. The standard InChI is InChI=1S/C15H24N2OS/c1-5-13-8-6-7-12(2)15(13)16-14(18)11-19-10-9-17(3)4/h6-8H,5,9-11H2,1-4H3,(H,16,18). The van der Waals surface area contributed by atoms with Gasteiger partial charge in [0.25, 0.3) is 0 Å². The highest BCUT2D eigenvalue weighted by Gasteiger charge is 2.08. The Kier molecular flexibility index (Phi) is 6.95. The maximum Gasteiger partial charge on any atom is 0.234 e. The van der Waals surface area contributed by atoms with Gasteiger partial charge in [-0.2, -0.15) is 11.8 Å². The fourth-order valence-electron chi connectivity index (χ4n) is 1.79. The Morgan fingerprint density at radius 3 is 2.74 bits per heavy atom. The van der Waals surface area contributed by atoms with Crippen LogP contribution in [0.25, 0.3) is 0 Å². The van der Waals surface area contributed by atoms with E-state index < -0.39 is 0 Å². The van der Waals surface area contributed by atoms with Crippen LogP contribution in [0.5, 0.6) is 0 Å². The van der Waals surface area contributed by atoms with E-state index in [2.05, 4.69) is 23.2 Å². The van der Waals surface area contributed by atoms with E-state index in [1.165, 1.54) is 5.56 Å². The van der Waals surface area contributed by atoms with Crippen LogP contribution in [0, 0.1) is 6.92 Å². The first-order valence-corrected chi connectivity index (χ1v) is 7.81. The van der Waals surface area contributed by atoms with Crippen molar-refractivity contribution >= 4 is 23.4 Å². The van der Waals surface area contributed by atoms with Crippen LogP contribution < -0.4 is 5.32 Å². The summed E-state index contributed by atoms with van der Waals surface area (Å²) in [5, 5.41) is 3.04. The van der Waals surface area contributed by atoms with E-state index in [-0.39, 0.29) is 5.91 Å². The molecule has 19 heavy (non-hydrogen) atoms. The van der Waals surface area contributed by atoms with Crippen molar-refractivity contribution in [3.05, 3.63) is 29.3 Å². The molecule has 106 valence electrons. The number of carbonyl (C=O) groups is 1. The normalized spacial score (nSPS) is 10.8. The summed E-state index contributed by atoms with van der Waals surface area (Å²) in [5.41, 5.74) is 3.32. The third-order valence-corrected chi connectivity index (χ3v) is 3.86. The Hall–Kier alpha value is -1.000. The first-order valence-electron chi connectivity index (χ1n) is 6.65. The lowest BCUT2D eigenvalue weighted by Gasteiger charge is -2.13. The summed E-state index contributed by atoms with van der Waals surface area (Å²) in [6.45, 7) is 5.15. The summed E-state index contributed by atoms with van der Waals surface area (Å²) in [7, 11) is 4.09. The van der Waals surface area contributed by atoms with E-state index in [4.69, 9.17) is 0 Å². The number of amides is 1. The van der Waals surface area contributed by atoms with Crippen LogP contribution in [0.3, 0.4) is 0 Å². The molecule has 0 aliphatic heterocycles. The number of hydrogen-bond acceptors (Lipinski definition) is 3. The van der Waals surface area contributed by atoms with Crippen LogP contribution in [0.2, 0.25) is 0 Å². The molecule has 0 atom stereocenters. The SMILES string of the molecule is CCc1cccc(C)c1NC(=O)CSCCN(C)C. The molecule has 0 spiro atoms. The van der Waals surface area contributed by atoms with Gasteiger partial charge < -0.3 is 10.2 Å². The molecule has 0 aromatic heterocycles. The van der Waals surface area contributed by atoms with Crippen molar-refractivity contribution in [3.8, 4) is 0 Å². The molecule has 1 amide bonds. The molecule has 0 bridgehead atoms. The van der Waals surface area contributed by atoms with Crippen molar-refractivity contribution in [1.29, 1.82) is 0 Å². The van der Waals surface area contributed by atoms with Crippen molar-refractivity contribution in [2.75, 3.05) is 37.5 Å². The van der Waals surface area contributed by atoms with E-state index in [1.54, 1.807) is 11.8 Å². The molecule has 4 heteroatoms. The Bertz CT molecular complexity index is 419. The Balaban J connectivity index is 2.48. The lowest BCUT2D eigenvalue weighted by Crippen LogP contribution is -2.19. The van der Waals surface area contributed by atoms with Crippen LogP contribution in [0.1, 0.15) is 18.1 Å². The molecular formula is C15H24N2OS. The first kappa shape index (κ1) is 16.1. The zero-order valence-electron chi connectivity index (χ0n) is 12.3. The van der Waals surface area contributed by atoms with Gasteiger partial charge in [-0.3, -0.25) is 4.79 Å². The predicted molar refractivity (Wildman–Crippen MR) is 85.1 cm³/mol. The maximum atomic E-state index is 11.9. The largest absolute Gasteiger partial charge is 0.325 e. The molecule has 1 N–H and O–H groups in total. The topological polar surface area (TPSA) is 32.3 Å². The number of thioether (sulfide) groups is 1. The fourth-order valence-corrected chi connectivity index (χ4v) is 2.69. The highest BCUT2D eigenvalue weighted by Crippen LogP contribution is 2.21. The van der Waals surface area contributed by atoms with Gasteiger partial charge in [-0.1, -0.05) is 25.1 Å². The Labute approximate surface area is 120 Å². The van der Waals surface area contributed by atoms with Crippen molar-refractivity contribution in [2.45, 2.75) is 20.3 Å². The molecule has 0 radical (unpaired) electrons. The molecule has 0 unspecified atom stereocenters. The van der Waals surface area contributed by atoms with Crippen LogP contribution in [0.15, 0.2) is 18.2 Å². The summed E-state index contributed by atoms with van der Waals surface area (Å²) in [6, 6.07) is 6.14. The number of benzene rings is 1. The number of nitrogens with one attached hydrogen (secondary N) is 1. The number of anilines is 1. The number of carbonyl (C=O) groups excluding carboxylic acids is 1. The molecule has 1 aromatic carbocycles. The van der Waals surface area contributed by atoms with E-state index in [0.717, 1.165) is 30.0 Å². The zero-order valence-corrected chi connectivity index (χ0v) is 13.1. The van der Waals surface area contributed by atoms with E-state index in [0.29, 0.717) is 5.75 Å². The monoisotopic (exact) mass is 280 g/mol. The molecule has 0 heterocycles.